The van der Waals surface area contributed by atoms with E-state index < -0.39 is 0 Å². The number of rotatable bonds is 4. The number of nitro groups is 1. The minimum atomic E-state index is -0.335. The summed E-state index contributed by atoms with van der Waals surface area (Å²) in [7, 11) is 0. The average molecular weight is 282 g/mol. The molecule has 1 saturated heterocycles. The van der Waals surface area contributed by atoms with Crippen molar-refractivity contribution in [3.05, 3.63) is 28.3 Å². The highest BCUT2D eigenvalue weighted by molar-refractivity contribution is 7.99. The van der Waals surface area contributed by atoms with Crippen molar-refractivity contribution in [1.82, 2.24) is 0 Å². The molecular weight excluding hydrogens is 264 g/mol. The van der Waals surface area contributed by atoms with Crippen LogP contribution >= 0.6 is 11.8 Å². The highest BCUT2D eigenvalue weighted by atomic mass is 32.2. The minimum absolute atomic E-state index is 0.0938. The third-order valence-corrected chi connectivity index (χ3v) is 4.07. The van der Waals surface area contributed by atoms with Crippen LogP contribution in [0.2, 0.25) is 0 Å². The minimum Gasteiger partial charge on any atom is -0.487 e. The maximum absolute atomic E-state index is 11.3. The molecule has 0 atom stereocenters. The lowest BCUT2D eigenvalue weighted by atomic mass is 10.2. The summed E-state index contributed by atoms with van der Waals surface area (Å²) in [5.41, 5.74) is 0.773. The molecule has 104 valence electrons. The van der Waals surface area contributed by atoms with Crippen LogP contribution in [-0.4, -0.2) is 36.1 Å². The molecule has 0 saturated carbocycles. The van der Waals surface area contributed by atoms with Gasteiger partial charge in [0.1, 0.15) is 5.69 Å². The van der Waals surface area contributed by atoms with Crippen LogP contribution in [-0.2, 0) is 0 Å². The second-order valence-corrected chi connectivity index (χ2v) is 5.49. The van der Waals surface area contributed by atoms with Crippen molar-refractivity contribution in [2.45, 2.75) is 13.3 Å². The molecular formula is C13H18N2O3S. The molecule has 1 aliphatic rings. The van der Waals surface area contributed by atoms with Gasteiger partial charge < -0.3 is 9.64 Å². The van der Waals surface area contributed by atoms with E-state index in [9.17, 15) is 10.1 Å². The van der Waals surface area contributed by atoms with Gasteiger partial charge in [-0.3, -0.25) is 10.1 Å². The molecule has 0 amide bonds. The molecule has 0 bridgehead atoms. The van der Waals surface area contributed by atoms with Gasteiger partial charge in [-0.05, 0) is 31.2 Å². The zero-order valence-corrected chi connectivity index (χ0v) is 11.8. The van der Waals surface area contributed by atoms with Gasteiger partial charge in [0, 0.05) is 18.8 Å². The molecule has 0 aromatic heterocycles. The predicted molar refractivity (Wildman–Crippen MR) is 78.4 cm³/mol. The molecule has 0 aliphatic carbocycles. The van der Waals surface area contributed by atoms with E-state index in [-0.39, 0.29) is 10.6 Å². The van der Waals surface area contributed by atoms with E-state index in [0.717, 1.165) is 31.0 Å². The molecule has 19 heavy (non-hydrogen) atoms. The monoisotopic (exact) mass is 282 g/mol. The summed E-state index contributed by atoms with van der Waals surface area (Å²) in [6, 6.07) is 5.31. The summed E-state index contributed by atoms with van der Waals surface area (Å²) in [5.74, 6) is 2.49. The highest BCUT2D eigenvalue weighted by Gasteiger charge is 2.25. The summed E-state index contributed by atoms with van der Waals surface area (Å²) < 4.78 is 5.39. The summed E-state index contributed by atoms with van der Waals surface area (Å²) in [6.07, 6.45) is 1.06. The second-order valence-electron chi connectivity index (χ2n) is 4.27. The van der Waals surface area contributed by atoms with Gasteiger partial charge in [-0.1, -0.05) is 6.07 Å². The molecule has 1 aliphatic heterocycles. The first-order valence-corrected chi connectivity index (χ1v) is 7.62. The van der Waals surface area contributed by atoms with Crippen LogP contribution in [0.1, 0.15) is 13.3 Å². The third kappa shape index (κ3) is 3.32. The number of hydrogen-bond donors (Lipinski definition) is 0. The maximum Gasteiger partial charge on any atom is 0.333 e. The molecule has 1 heterocycles. The molecule has 0 spiro atoms. The standard InChI is InChI=1S/C13H18N2O3S/c1-2-18-12-6-3-5-11(13(12)15(16)17)14-7-4-9-19-10-8-14/h3,5-6H,2,4,7-10H2,1H3. The van der Waals surface area contributed by atoms with Crippen molar-refractivity contribution in [1.29, 1.82) is 0 Å². The van der Waals surface area contributed by atoms with E-state index in [1.807, 2.05) is 30.8 Å². The van der Waals surface area contributed by atoms with Crippen molar-refractivity contribution in [3.8, 4) is 5.75 Å². The Balaban J connectivity index is 2.37. The first-order chi connectivity index (χ1) is 9.24. The number of thioether (sulfide) groups is 1. The van der Waals surface area contributed by atoms with Crippen molar-refractivity contribution in [2.24, 2.45) is 0 Å². The number of hydrogen-bond acceptors (Lipinski definition) is 5. The zero-order valence-electron chi connectivity index (χ0n) is 11.0. The van der Waals surface area contributed by atoms with E-state index in [0.29, 0.717) is 18.0 Å². The summed E-state index contributed by atoms with van der Waals surface area (Å²) >= 11 is 1.90. The topological polar surface area (TPSA) is 55.6 Å². The van der Waals surface area contributed by atoms with E-state index in [1.54, 1.807) is 6.07 Å². The Bertz CT molecular complexity index is 446. The van der Waals surface area contributed by atoms with Gasteiger partial charge >= 0.3 is 5.69 Å². The van der Waals surface area contributed by atoms with Gasteiger partial charge in [0.05, 0.1) is 11.5 Å². The number of nitro benzene ring substituents is 1. The molecule has 6 heteroatoms. The molecule has 5 nitrogen and oxygen atoms in total. The number of para-hydroxylation sites is 1. The first-order valence-electron chi connectivity index (χ1n) is 6.47. The molecule has 0 radical (unpaired) electrons. The molecule has 1 aromatic carbocycles. The van der Waals surface area contributed by atoms with Crippen LogP contribution in [0.5, 0.6) is 5.75 Å². The lowest BCUT2D eigenvalue weighted by molar-refractivity contribution is -0.385. The van der Waals surface area contributed by atoms with Crippen molar-refractivity contribution < 1.29 is 9.66 Å². The van der Waals surface area contributed by atoms with Crippen LogP contribution in [0, 0.1) is 10.1 Å². The number of anilines is 1. The SMILES string of the molecule is CCOc1cccc(N2CCCSCC2)c1[N+](=O)[O-]. The Labute approximate surface area is 117 Å². The smallest absolute Gasteiger partial charge is 0.333 e. The maximum atomic E-state index is 11.3. The van der Waals surface area contributed by atoms with Crippen LogP contribution in [0.3, 0.4) is 0 Å². The van der Waals surface area contributed by atoms with Crippen LogP contribution in [0.15, 0.2) is 18.2 Å². The van der Waals surface area contributed by atoms with Gasteiger partial charge in [0.15, 0.2) is 5.75 Å². The summed E-state index contributed by atoms with van der Waals surface area (Å²) in [6.45, 7) is 3.98. The molecule has 1 fully saturated rings. The molecule has 2 rings (SSSR count). The fourth-order valence-corrected chi connectivity index (χ4v) is 3.10. The van der Waals surface area contributed by atoms with Crippen LogP contribution in [0.25, 0.3) is 0 Å². The Morgan fingerprint density at radius 2 is 2.26 bits per heavy atom. The van der Waals surface area contributed by atoms with Crippen molar-refractivity contribution >= 4 is 23.1 Å². The Morgan fingerprint density at radius 1 is 1.42 bits per heavy atom. The van der Waals surface area contributed by atoms with E-state index >= 15 is 0 Å². The van der Waals surface area contributed by atoms with Gasteiger partial charge in [0.2, 0.25) is 0 Å². The molecule has 0 unspecified atom stereocenters. The average Bonchev–Trinajstić information content (AvgIpc) is 2.67. The van der Waals surface area contributed by atoms with Gasteiger partial charge in [0.25, 0.3) is 0 Å². The fourth-order valence-electron chi connectivity index (χ4n) is 2.21. The quantitative estimate of drug-likeness (QED) is 0.628. The summed E-state index contributed by atoms with van der Waals surface area (Å²) in [5, 5.41) is 11.3. The van der Waals surface area contributed by atoms with E-state index in [2.05, 4.69) is 4.90 Å². The van der Waals surface area contributed by atoms with Crippen LogP contribution in [0.4, 0.5) is 11.4 Å². The second kappa shape index (κ2) is 6.65. The van der Waals surface area contributed by atoms with Crippen molar-refractivity contribution in [2.75, 3.05) is 36.1 Å². The van der Waals surface area contributed by atoms with Crippen molar-refractivity contribution in [3.63, 3.8) is 0 Å². The number of benzene rings is 1. The third-order valence-electron chi connectivity index (χ3n) is 3.02. The van der Waals surface area contributed by atoms with Gasteiger partial charge in [-0.15, -0.1) is 0 Å². The van der Waals surface area contributed by atoms with E-state index in [1.165, 1.54) is 0 Å². The Morgan fingerprint density at radius 3 is 3.00 bits per heavy atom. The lowest BCUT2D eigenvalue weighted by Gasteiger charge is -2.22. The van der Waals surface area contributed by atoms with Gasteiger partial charge in [-0.25, -0.2) is 0 Å². The zero-order chi connectivity index (χ0) is 13.7. The Hall–Kier alpha value is -1.43. The molecule has 1 aromatic rings. The van der Waals surface area contributed by atoms with E-state index in [4.69, 9.17) is 4.74 Å². The largest absolute Gasteiger partial charge is 0.487 e. The highest BCUT2D eigenvalue weighted by Crippen LogP contribution is 2.37. The molecule has 0 N–H and O–H groups in total. The first kappa shape index (κ1) is 14.0. The normalized spacial score (nSPS) is 15.9. The van der Waals surface area contributed by atoms with Gasteiger partial charge in [-0.2, -0.15) is 11.8 Å². The summed E-state index contributed by atoms with van der Waals surface area (Å²) in [4.78, 5) is 13.1. The number of ether oxygens (including phenoxy) is 1. The number of nitrogens with zero attached hydrogens (tertiary/aromatic N) is 2. The predicted octanol–water partition coefficient (Wildman–Crippen LogP) is 2.94. The Kier molecular flexibility index (Phi) is 4.90. The fraction of sp³-hybridized carbons (Fsp3) is 0.538. The lowest BCUT2D eigenvalue weighted by Crippen LogP contribution is -2.26. The van der Waals surface area contributed by atoms with Crippen LogP contribution < -0.4 is 9.64 Å².